The summed E-state index contributed by atoms with van der Waals surface area (Å²) in [5, 5.41) is 10.3. The SMILES string of the molecule is CNC(=O)C1(Cc2cc(-c3ccc(C)cc3)no2)CCCNC1. The quantitative estimate of drug-likeness (QED) is 0.909. The zero-order valence-electron chi connectivity index (χ0n) is 13.7. The zero-order chi connectivity index (χ0) is 16.3. The Morgan fingerprint density at radius 3 is 2.83 bits per heavy atom. The van der Waals surface area contributed by atoms with E-state index < -0.39 is 5.41 Å². The summed E-state index contributed by atoms with van der Waals surface area (Å²) in [5.74, 6) is 0.825. The molecule has 0 spiro atoms. The van der Waals surface area contributed by atoms with Crippen LogP contribution >= 0.6 is 0 Å². The van der Waals surface area contributed by atoms with E-state index in [1.807, 2.05) is 18.2 Å². The van der Waals surface area contributed by atoms with Crippen molar-refractivity contribution >= 4 is 5.91 Å². The molecule has 23 heavy (non-hydrogen) atoms. The Bertz CT molecular complexity index is 670. The summed E-state index contributed by atoms with van der Waals surface area (Å²) in [4.78, 5) is 12.4. The second-order valence-corrected chi connectivity index (χ2v) is 6.36. The lowest BCUT2D eigenvalue weighted by molar-refractivity contribution is -0.131. The third kappa shape index (κ3) is 3.29. The molecule has 2 N–H and O–H groups in total. The van der Waals surface area contributed by atoms with Gasteiger partial charge in [0.2, 0.25) is 5.91 Å². The van der Waals surface area contributed by atoms with Crippen LogP contribution in [0.2, 0.25) is 0 Å². The van der Waals surface area contributed by atoms with Gasteiger partial charge in [0.1, 0.15) is 11.5 Å². The average Bonchev–Trinajstić information content (AvgIpc) is 3.04. The van der Waals surface area contributed by atoms with Crippen molar-refractivity contribution in [1.82, 2.24) is 15.8 Å². The van der Waals surface area contributed by atoms with E-state index in [-0.39, 0.29) is 5.91 Å². The Balaban J connectivity index is 1.81. The van der Waals surface area contributed by atoms with Crippen LogP contribution in [0.4, 0.5) is 0 Å². The highest BCUT2D eigenvalue weighted by molar-refractivity contribution is 5.83. The molecule has 0 aliphatic carbocycles. The van der Waals surface area contributed by atoms with Crippen molar-refractivity contribution in [1.29, 1.82) is 0 Å². The molecule has 5 heteroatoms. The lowest BCUT2D eigenvalue weighted by Gasteiger charge is -2.35. The van der Waals surface area contributed by atoms with Gasteiger partial charge in [-0.25, -0.2) is 0 Å². The minimum absolute atomic E-state index is 0.0676. The fourth-order valence-corrected chi connectivity index (χ4v) is 3.25. The van der Waals surface area contributed by atoms with E-state index in [1.54, 1.807) is 7.05 Å². The summed E-state index contributed by atoms with van der Waals surface area (Å²) in [6.07, 6.45) is 2.42. The largest absolute Gasteiger partial charge is 0.361 e. The molecule has 2 aromatic rings. The van der Waals surface area contributed by atoms with E-state index in [2.05, 4.69) is 34.8 Å². The van der Waals surface area contributed by atoms with Gasteiger partial charge in [0.05, 0.1) is 5.41 Å². The van der Waals surface area contributed by atoms with Gasteiger partial charge in [-0.05, 0) is 26.3 Å². The van der Waals surface area contributed by atoms with Crippen LogP contribution in [0.5, 0.6) is 0 Å². The summed E-state index contributed by atoms with van der Waals surface area (Å²) >= 11 is 0. The van der Waals surface area contributed by atoms with Gasteiger partial charge in [0, 0.05) is 31.6 Å². The minimum atomic E-state index is -0.447. The van der Waals surface area contributed by atoms with E-state index in [4.69, 9.17) is 4.52 Å². The number of piperidine rings is 1. The number of hydrogen-bond acceptors (Lipinski definition) is 4. The first-order chi connectivity index (χ1) is 11.1. The summed E-state index contributed by atoms with van der Waals surface area (Å²) < 4.78 is 5.51. The van der Waals surface area contributed by atoms with Crippen LogP contribution in [0.1, 0.15) is 24.2 Å². The molecule has 1 unspecified atom stereocenters. The molecule has 2 heterocycles. The Kier molecular flexibility index (Phi) is 4.48. The van der Waals surface area contributed by atoms with Crippen LogP contribution in [0, 0.1) is 12.3 Å². The molecule has 1 saturated heterocycles. The molecule has 5 nitrogen and oxygen atoms in total. The van der Waals surface area contributed by atoms with Crippen LogP contribution in [-0.2, 0) is 11.2 Å². The van der Waals surface area contributed by atoms with Crippen molar-refractivity contribution in [3.05, 3.63) is 41.7 Å². The van der Waals surface area contributed by atoms with Crippen LogP contribution in [0.3, 0.4) is 0 Å². The molecule has 1 amide bonds. The molecule has 0 radical (unpaired) electrons. The highest BCUT2D eigenvalue weighted by Gasteiger charge is 2.40. The van der Waals surface area contributed by atoms with Crippen molar-refractivity contribution in [3.63, 3.8) is 0 Å². The van der Waals surface area contributed by atoms with Gasteiger partial charge in [0.15, 0.2) is 0 Å². The first-order valence-electron chi connectivity index (χ1n) is 8.08. The van der Waals surface area contributed by atoms with Gasteiger partial charge < -0.3 is 15.2 Å². The monoisotopic (exact) mass is 313 g/mol. The average molecular weight is 313 g/mol. The van der Waals surface area contributed by atoms with Gasteiger partial charge in [0.25, 0.3) is 0 Å². The maximum absolute atomic E-state index is 12.4. The Morgan fingerprint density at radius 2 is 2.17 bits per heavy atom. The fourth-order valence-electron chi connectivity index (χ4n) is 3.25. The number of carbonyl (C=O) groups excluding carboxylic acids is 1. The normalized spacial score (nSPS) is 21.1. The predicted molar refractivity (Wildman–Crippen MR) is 89.0 cm³/mol. The van der Waals surface area contributed by atoms with Gasteiger partial charge in [-0.2, -0.15) is 0 Å². The third-order valence-corrected chi connectivity index (χ3v) is 4.60. The van der Waals surface area contributed by atoms with E-state index >= 15 is 0 Å². The van der Waals surface area contributed by atoms with Gasteiger partial charge in [-0.15, -0.1) is 0 Å². The number of carbonyl (C=O) groups is 1. The lowest BCUT2D eigenvalue weighted by atomic mass is 9.76. The van der Waals surface area contributed by atoms with Gasteiger partial charge >= 0.3 is 0 Å². The Labute approximate surface area is 136 Å². The molecular weight excluding hydrogens is 290 g/mol. The van der Waals surface area contributed by atoms with E-state index in [0.29, 0.717) is 13.0 Å². The van der Waals surface area contributed by atoms with E-state index in [0.717, 1.165) is 36.4 Å². The number of rotatable bonds is 4. The van der Waals surface area contributed by atoms with Crippen LogP contribution in [0.25, 0.3) is 11.3 Å². The van der Waals surface area contributed by atoms with Crippen molar-refractivity contribution in [2.45, 2.75) is 26.2 Å². The number of benzene rings is 1. The molecule has 122 valence electrons. The first kappa shape index (κ1) is 15.7. The molecule has 3 rings (SSSR count). The van der Waals surface area contributed by atoms with Gasteiger partial charge in [-0.3, -0.25) is 4.79 Å². The maximum Gasteiger partial charge on any atom is 0.227 e. The van der Waals surface area contributed by atoms with Crippen LogP contribution in [0.15, 0.2) is 34.9 Å². The topological polar surface area (TPSA) is 67.2 Å². The molecule has 1 aromatic heterocycles. The van der Waals surface area contributed by atoms with Crippen molar-refractivity contribution in [2.75, 3.05) is 20.1 Å². The van der Waals surface area contributed by atoms with Crippen molar-refractivity contribution in [2.24, 2.45) is 5.41 Å². The zero-order valence-corrected chi connectivity index (χ0v) is 13.7. The molecule has 1 aromatic carbocycles. The van der Waals surface area contributed by atoms with Gasteiger partial charge in [-0.1, -0.05) is 35.0 Å². The lowest BCUT2D eigenvalue weighted by Crippen LogP contribution is -2.51. The predicted octanol–water partition coefficient (Wildman–Crippen LogP) is 2.31. The fraction of sp³-hybridized carbons (Fsp3) is 0.444. The highest BCUT2D eigenvalue weighted by atomic mass is 16.5. The number of nitrogens with zero attached hydrogens (tertiary/aromatic N) is 1. The second kappa shape index (κ2) is 6.54. The Hall–Kier alpha value is -2.14. The number of nitrogens with one attached hydrogen (secondary N) is 2. The Morgan fingerprint density at radius 1 is 1.39 bits per heavy atom. The standard InChI is InChI=1S/C18H23N3O2/c1-13-4-6-14(7-5-13)16-10-15(23-21-16)11-18(17(22)19-2)8-3-9-20-12-18/h4-7,10,20H,3,8-9,11-12H2,1-2H3,(H,19,22). The summed E-state index contributed by atoms with van der Waals surface area (Å²) in [6, 6.07) is 10.1. The van der Waals surface area contributed by atoms with E-state index in [9.17, 15) is 4.79 Å². The molecule has 1 atom stereocenters. The minimum Gasteiger partial charge on any atom is -0.361 e. The van der Waals surface area contributed by atoms with E-state index in [1.165, 1.54) is 5.56 Å². The molecule has 1 aliphatic heterocycles. The summed E-state index contributed by atoms with van der Waals surface area (Å²) in [5.41, 5.74) is 2.61. The number of aromatic nitrogens is 1. The van der Waals surface area contributed by atoms with Crippen LogP contribution < -0.4 is 10.6 Å². The number of hydrogen-bond donors (Lipinski definition) is 2. The molecule has 0 saturated carbocycles. The summed E-state index contributed by atoms with van der Waals surface area (Å²) in [6.45, 7) is 3.69. The van der Waals surface area contributed by atoms with Crippen molar-refractivity contribution < 1.29 is 9.32 Å². The third-order valence-electron chi connectivity index (χ3n) is 4.60. The van der Waals surface area contributed by atoms with Crippen LogP contribution in [-0.4, -0.2) is 31.2 Å². The molecular formula is C18H23N3O2. The highest BCUT2D eigenvalue weighted by Crippen LogP contribution is 2.32. The number of aryl methyl sites for hydroxylation is 1. The summed E-state index contributed by atoms with van der Waals surface area (Å²) in [7, 11) is 1.69. The molecule has 1 aliphatic rings. The molecule has 1 fully saturated rings. The van der Waals surface area contributed by atoms with Crippen molar-refractivity contribution in [3.8, 4) is 11.3 Å². The first-order valence-corrected chi connectivity index (χ1v) is 8.08. The second-order valence-electron chi connectivity index (χ2n) is 6.36. The smallest absolute Gasteiger partial charge is 0.227 e. The number of amides is 1. The molecule has 0 bridgehead atoms. The maximum atomic E-state index is 12.4.